The van der Waals surface area contributed by atoms with Gasteiger partial charge in [-0.15, -0.1) is 0 Å². The quantitative estimate of drug-likeness (QED) is 0.294. The summed E-state index contributed by atoms with van der Waals surface area (Å²) in [6, 6.07) is 12.8. The lowest BCUT2D eigenvalue weighted by Crippen LogP contribution is -2.30. The molecule has 0 saturated carbocycles. The Hall–Kier alpha value is -2.31. The summed E-state index contributed by atoms with van der Waals surface area (Å²) in [5.41, 5.74) is 3.52. The number of piperidine rings is 1. The van der Waals surface area contributed by atoms with Crippen molar-refractivity contribution in [3.63, 3.8) is 0 Å². The number of anilines is 2. The maximum atomic E-state index is 5.59. The van der Waals surface area contributed by atoms with Crippen LogP contribution >= 0.6 is 11.3 Å². The first-order valence-corrected chi connectivity index (χ1v) is 13.1. The number of aromatic nitrogens is 1. The molecule has 1 aliphatic heterocycles. The van der Waals surface area contributed by atoms with E-state index in [4.69, 9.17) is 14.5 Å². The van der Waals surface area contributed by atoms with Crippen LogP contribution in [0.5, 0.6) is 11.5 Å². The number of likely N-dealkylation sites (tertiary alicyclic amines) is 1. The van der Waals surface area contributed by atoms with Gasteiger partial charge in [0.1, 0.15) is 0 Å². The number of ether oxygens (including phenoxy) is 2. The highest BCUT2D eigenvalue weighted by atomic mass is 32.1. The van der Waals surface area contributed by atoms with E-state index in [1.807, 2.05) is 6.07 Å². The molecule has 33 heavy (non-hydrogen) atoms. The Morgan fingerprint density at radius 1 is 0.939 bits per heavy atom. The lowest BCUT2D eigenvalue weighted by molar-refractivity contribution is 0.224. The van der Waals surface area contributed by atoms with Gasteiger partial charge in [0.05, 0.1) is 24.4 Å². The van der Waals surface area contributed by atoms with E-state index >= 15 is 0 Å². The van der Waals surface area contributed by atoms with Crippen LogP contribution in [0.25, 0.3) is 10.2 Å². The van der Waals surface area contributed by atoms with Crippen molar-refractivity contribution in [3.8, 4) is 11.5 Å². The lowest BCUT2D eigenvalue weighted by Gasteiger charge is -2.26. The second-order valence-electron chi connectivity index (χ2n) is 8.81. The van der Waals surface area contributed by atoms with E-state index in [0.717, 1.165) is 47.2 Å². The van der Waals surface area contributed by atoms with Gasteiger partial charge in [-0.2, -0.15) is 0 Å². The second kappa shape index (κ2) is 11.7. The Bertz CT molecular complexity index is 1030. The molecule has 4 rings (SSSR count). The maximum Gasteiger partial charge on any atom is 0.190 e. The highest BCUT2D eigenvalue weighted by molar-refractivity contribution is 7.22. The fourth-order valence-electron chi connectivity index (χ4n) is 4.59. The molecule has 1 aromatic heterocycles. The number of hydrogen-bond acceptors (Lipinski definition) is 6. The topological polar surface area (TPSA) is 37.8 Å². The summed E-state index contributed by atoms with van der Waals surface area (Å²) < 4.78 is 12.3. The van der Waals surface area contributed by atoms with Crippen LogP contribution in [0.4, 0.5) is 10.8 Å². The average Bonchev–Trinajstić information content (AvgIpc) is 3.29. The number of hydrogen-bond donors (Lipinski definition) is 0. The Labute approximate surface area is 202 Å². The molecule has 3 aromatic rings. The summed E-state index contributed by atoms with van der Waals surface area (Å²) >= 11 is 1.77. The number of thiazole rings is 1. The van der Waals surface area contributed by atoms with Gasteiger partial charge in [-0.25, -0.2) is 4.98 Å². The molecule has 178 valence electrons. The van der Waals surface area contributed by atoms with E-state index in [9.17, 15) is 0 Å². The SMILES string of the molecule is CCc1ccc2nc(N(CCCCCN3CCCCC3)c3ccc(OC)c(OC)c3)sc2c1. The molecule has 1 fully saturated rings. The van der Waals surface area contributed by atoms with E-state index < -0.39 is 0 Å². The summed E-state index contributed by atoms with van der Waals surface area (Å²) in [4.78, 5) is 9.98. The molecule has 1 saturated heterocycles. The number of nitrogens with zero attached hydrogens (tertiary/aromatic N) is 3. The summed E-state index contributed by atoms with van der Waals surface area (Å²) in [5, 5.41) is 1.04. The van der Waals surface area contributed by atoms with E-state index in [1.165, 1.54) is 62.0 Å². The van der Waals surface area contributed by atoms with Gasteiger partial charge >= 0.3 is 0 Å². The van der Waals surface area contributed by atoms with Crippen LogP contribution in [0.15, 0.2) is 36.4 Å². The first-order valence-electron chi connectivity index (χ1n) is 12.3. The molecule has 0 radical (unpaired) electrons. The molecule has 1 aliphatic rings. The molecule has 5 nitrogen and oxygen atoms in total. The van der Waals surface area contributed by atoms with Crippen molar-refractivity contribution >= 4 is 32.4 Å². The van der Waals surface area contributed by atoms with Gasteiger partial charge in [-0.1, -0.05) is 37.2 Å². The Kier molecular flexibility index (Phi) is 8.46. The largest absolute Gasteiger partial charge is 0.493 e. The monoisotopic (exact) mass is 467 g/mol. The van der Waals surface area contributed by atoms with Crippen LogP contribution in [0, 0.1) is 0 Å². The summed E-state index contributed by atoms with van der Waals surface area (Å²) in [6.45, 7) is 6.93. The van der Waals surface area contributed by atoms with Gasteiger partial charge in [0.2, 0.25) is 0 Å². The van der Waals surface area contributed by atoms with Crippen LogP contribution in [-0.4, -0.2) is 50.3 Å². The molecule has 0 aliphatic carbocycles. The zero-order valence-electron chi connectivity index (χ0n) is 20.3. The molecular weight excluding hydrogens is 430 g/mol. The Balaban J connectivity index is 1.50. The first-order chi connectivity index (χ1) is 16.2. The highest BCUT2D eigenvalue weighted by Crippen LogP contribution is 2.38. The molecule has 0 N–H and O–H groups in total. The molecule has 2 aromatic carbocycles. The fraction of sp³-hybridized carbons (Fsp3) is 0.519. The van der Waals surface area contributed by atoms with Crippen molar-refractivity contribution in [2.24, 2.45) is 0 Å². The minimum Gasteiger partial charge on any atom is -0.493 e. The number of rotatable bonds is 11. The molecule has 2 heterocycles. The number of unbranched alkanes of at least 4 members (excludes halogenated alkanes) is 2. The Morgan fingerprint density at radius 3 is 2.52 bits per heavy atom. The van der Waals surface area contributed by atoms with Gasteiger partial charge in [0.25, 0.3) is 0 Å². The third-order valence-electron chi connectivity index (χ3n) is 6.56. The van der Waals surface area contributed by atoms with Gasteiger partial charge < -0.3 is 19.3 Å². The molecule has 0 bridgehead atoms. The number of aryl methyl sites for hydroxylation is 1. The zero-order chi connectivity index (χ0) is 23.0. The maximum absolute atomic E-state index is 5.59. The van der Waals surface area contributed by atoms with Gasteiger partial charge in [0.15, 0.2) is 16.6 Å². The minimum absolute atomic E-state index is 0.750. The standard InChI is InChI=1S/C27H37N3O2S/c1-4-21-11-13-23-26(19-21)33-27(28-23)30(22-12-14-24(31-2)25(20-22)32-3)18-10-6-9-17-29-15-7-5-8-16-29/h11-14,19-20H,4-10,15-18H2,1-3H3. The number of benzene rings is 2. The summed E-state index contributed by atoms with van der Waals surface area (Å²) in [7, 11) is 3.37. The molecule has 0 atom stereocenters. The molecule has 0 unspecified atom stereocenters. The van der Waals surface area contributed by atoms with Crippen LogP contribution in [0.2, 0.25) is 0 Å². The number of methoxy groups -OCH3 is 2. The summed E-state index contributed by atoms with van der Waals surface area (Å²) in [6.07, 6.45) is 8.80. The van der Waals surface area contributed by atoms with E-state index in [1.54, 1.807) is 25.6 Å². The second-order valence-corrected chi connectivity index (χ2v) is 9.82. The average molecular weight is 468 g/mol. The van der Waals surface area contributed by atoms with Gasteiger partial charge in [-0.3, -0.25) is 0 Å². The zero-order valence-corrected chi connectivity index (χ0v) is 21.1. The molecule has 6 heteroatoms. The highest BCUT2D eigenvalue weighted by Gasteiger charge is 2.17. The molecular formula is C27H37N3O2S. The normalized spacial score (nSPS) is 14.5. The molecule has 0 spiro atoms. The first kappa shape index (κ1) is 23.8. The molecule has 0 amide bonds. The predicted molar refractivity (Wildman–Crippen MR) is 140 cm³/mol. The Morgan fingerprint density at radius 2 is 1.76 bits per heavy atom. The lowest BCUT2D eigenvalue weighted by atomic mass is 10.1. The smallest absolute Gasteiger partial charge is 0.190 e. The van der Waals surface area contributed by atoms with E-state index in [2.05, 4.69) is 47.1 Å². The third kappa shape index (κ3) is 5.98. The van der Waals surface area contributed by atoms with Crippen molar-refractivity contribution in [1.82, 2.24) is 9.88 Å². The van der Waals surface area contributed by atoms with Crippen molar-refractivity contribution in [3.05, 3.63) is 42.0 Å². The van der Waals surface area contributed by atoms with Crippen LogP contribution in [-0.2, 0) is 6.42 Å². The predicted octanol–water partition coefficient (Wildman–Crippen LogP) is 6.67. The van der Waals surface area contributed by atoms with E-state index in [0.29, 0.717) is 0 Å². The van der Waals surface area contributed by atoms with Crippen LogP contribution in [0.1, 0.15) is 51.0 Å². The van der Waals surface area contributed by atoms with Crippen LogP contribution < -0.4 is 14.4 Å². The van der Waals surface area contributed by atoms with Crippen LogP contribution in [0.3, 0.4) is 0 Å². The summed E-state index contributed by atoms with van der Waals surface area (Å²) in [5.74, 6) is 1.50. The van der Waals surface area contributed by atoms with Crippen molar-refractivity contribution in [1.29, 1.82) is 0 Å². The van der Waals surface area contributed by atoms with Crippen molar-refractivity contribution < 1.29 is 9.47 Å². The van der Waals surface area contributed by atoms with Crippen molar-refractivity contribution in [2.75, 3.05) is 45.3 Å². The van der Waals surface area contributed by atoms with Gasteiger partial charge in [0, 0.05) is 18.3 Å². The minimum atomic E-state index is 0.750. The third-order valence-corrected chi connectivity index (χ3v) is 7.61. The number of fused-ring (bicyclic) bond motifs is 1. The fourth-order valence-corrected chi connectivity index (χ4v) is 5.66. The van der Waals surface area contributed by atoms with E-state index in [-0.39, 0.29) is 0 Å². The van der Waals surface area contributed by atoms with Gasteiger partial charge in [-0.05, 0) is 81.6 Å². The van der Waals surface area contributed by atoms with Crippen molar-refractivity contribution in [2.45, 2.75) is 51.9 Å².